The summed E-state index contributed by atoms with van der Waals surface area (Å²) in [6.45, 7) is 23.2. The normalized spacial score (nSPS) is 39.2. The standard InChI is InChI=1S/C49H68ClN3O5/c1-29(2)32-18-23-49(42(55)53-26-10-11-35(53)41-51-28-34(52-41)30-12-14-31(50)15-13-30)25-24-47(8)33(40(32)49)16-17-37-46(7)21-20-38(58-39(54)27-44(3,4)43(56)57)45(5,6)36(46)19-22-48(37,47)9/h12-15,28,32-33,35-38,40H,1,10-11,16-27H2,2-9H3,(H,51,52)(H,56,57)/t32-,33+,35+,36-,37+,38-,40+,46-,47+,48+,49-/m0/s1. The number of carboxylic acid groups (broad SMARTS) is 1. The van der Waals surface area contributed by atoms with Gasteiger partial charge >= 0.3 is 11.9 Å². The van der Waals surface area contributed by atoms with E-state index in [4.69, 9.17) is 21.3 Å². The monoisotopic (exact) mass is 813 g/mol. The molecule has 5 aliphatic carbocycles. The summed E-state index contributed by atoms with van der Waals surface area (Å²) in [6, 6.07) is 7.77. The number of ether oxygens (including phenoxy) is 1. The second-order valence-corrected chi connectivity index (χ2v) is 22.3. The number of H-pyrrole nitrogens is 1. The summed E-state index contributed by atoms with van der Waals surface area (Å²) in [6.07, 6.45) is 13.8. The van der Waals surface area contributed by atoms with Gasteiger partial charge in [-0.15, -0.1) is 0 Å². The van der Waals surface area contributed by atoms with Gasteiger partial charge in [-0.2, -0.15) is 0 Å². The van der Waals surface area contributed by atoms with E-state index in [9.17, 15) is 14.7 Å². The third kappa shape index (κ3) is 6.17. The van der Waals surface area contributed by atoms with Crippen molar-refractivity contribution in [1.29, 1.82) is 0 Å². The van der Waals surface area contributed by atoms with Gasteiger partial charge in [-0.05, 0) is 161 Å². The van der Waals surface area contributed by atoms with Crippen molar-refractivity contribution in [3.05, 3.63) is 53.5 Å². The van der Waals surface area contributed by atoms with E-state index in [1.807, 2.05) is 30.5 Å². The van der Waals surface area contributed by atoms with Crippen LogP contribution in [0.1, 0.15) is 151 Å². The van der Waals surface area contributed by atoms with Gasteiger partial charge in [0.1, 0.15) is 11.9 Å². The van der Waals surface area contributed by atoms with Crippen LogP contribution < -0.4 is 0 Å². The Balaban J connectivity index is 1.05. The Kier molecular flexibility index (Phi) is 10.2. The molecule has 1 saturated heterocycles. The number of allylic oxidation sites excluding steroid dienone is 1. The number of amides is 1. The van der Waals surface area contributed by atoms with E-state index < -0.39 is 17.4 Å². The number of fused-ring (bicyclic) bond motifs is 7. The number of carbonyl (C=O) groups excluding carboxylic acids is 2. The highest BCUT2D eigenvalue weighted by Crippen LogP contribution is 2.78. The number of carboxylic acids is 1. The van der Waals surface area contributed by atoms with Crippen molar-refractivity contribution in [3.8, 4) is 11.3 Å². The Labute approximate surface area is 351 Å². The number of rotatable bonds is 8. The van der Waals surface area contributed by atoms with Crippen LogP contribution in [-0.4, -0.2) is 50.5 Å². The van der Waals surface area contributed by atoms with Gasteiger partial charge in [0.25, 0.3) is 0 Å². The van der Waals surface area contributed by atoms with Gasteiger partial charge in [0.2, 0.25) is 5.91 Å². The smallest absolute Gasteiger partial charge is 0.309 e. The number of aromatic nitrogens is 2. The van der Waals surface area contributed by atoms with E-state index in [0.29, 0.717) is 34.6 Å². The lowest BCUT2D eigenvalue weighted by Crippen LogP contribution is -2.67. The molecule has 1 aliphatic heterocycles. The van der Waals surface area contributed by atoms with Crippen molar-refractivity contribution in [2.75, 3.05) is 6.54 Å². The SMILES string of the molecule is C=C(C)[C@@H]1CC[C@]2(C(=O)N3CCC[C@@H]3c3ncc(-c4ccc(Cl)cc4)[nH]3)CC[C@]3(C)[C@H](CC[C@@H]4[C@@]5(C)CC[C@H](OC(=O)CC(C)(C)C(=O)O)C(C)(C)[C@@H]5CC[C@]43C)[C@@H]12. The molecule has 8 rings (SSSR count). The third-order valence-electron chi connectivity index (χ3n) is 18.5. The quantitative estimate of drug-likeness (QED) is 0.203. The van der Waals surface area contributed by atoms with E-state index >= 15 is 4.79 Å². The molecule has 0 unspecified atom stereocenters. The van der Waals surface area contributed by atoms with Crippen LogP contribution in [0.2, 0.25) is 5.02 Å². The number of esters is 1. The zero-order valence-electron chi connectivity index (χ0n) is 36.4. The first-order valence-electron chi connectivity index (χ1n) is 22.4. The van der Waals surface area contributed by atoms with Gasteiger partial charge in [-0.1, -0.05) is 70.5 Å². The molecular formula is C49H68ClN3O5. The lowest BCUT2D eigenvalue weighted by molar-refractivity contribution is -0.250. The molecule has 1 aromatic heterocycles. The number of likely N-dealkylation sites (tertiary alicyclic amines) is 1. The first-order chi connectivity index (χ1) is 27.2. The highest BCUT2D eigenvalue weighted by molar-refractivity contribution is 6.30. The van der Waals surface area contributed by atoms with E-state index in [1.54, 1.807) is 13.8 Å². The van der Waals surface area contributed by atoms with Crippen LogP contribution in [0.4, 0.5) is 0 Å². The fraction of sp³-hybridized carbons (Fsp3) is 0.714. The first kappa shape index (κ1) is 41.6. The van der Waals surface area contributed by atoms with Crippen molar-refractivity contribution >= 4 is 29.4 Å². The number of hydrogen-bond donors (Lipinski definition) is 2. The lowest BCUT2D eigenvalue weighted by Gasteiger charge is -2.73. The topological polar surface area (TPSA) is 113 Å². The number of aliphatic carboxylic acids is 1. The van der Waals surface area contributed by atoms with E-state index in [2.05, 4.69) is 58.0 Å². The van der Waals surface area contributed by atoms with Crippen molar-refractivity contribution in [2.24, 2.45) is 62.1 Å². The summed E-state index contributed by atoms with van der Waals surface area (Å²) in [7, 11) is 0. The van der Waals surface area contributed by atoms with Gasteiger partial charge < -0.3 is 19.7 Å². The zero-order chi connectivity index (χ0) is 41.8. The van der Waals surface area contributed by atoms with E-state index in [-0.39, 0.29) is 51.6 Å². The maximum Gasteiger partial charge on any atom is 0.309 e. The fourth-order valence-corrected chi connectivity index (χ4v) is 15.3. The summed E-state index contributed by atoms with van der Waals surface area (Å²) in [4.78, 5) is 51.2. The number of aromatic amines is 1. The van der Waals surface area contributed by atoms with Crippen LogP contribution in [0.15, 0.2) is 42.6 Å². The number of benzene rings is 1. The minimum atomic E-state index is -1.16. The van der Waals surface area contributed by atoms with Crippen LogP contribution in [0.25, 0.3) is 11.3 Å². The number of hydrogen-bond acceptors (Lipinski definition) is 5. The van der Waals surface area contributed by atoms with Gasteiger partial charge in [-0.25, -0.2) is 4.98 Å². The molecule has 1 aromatic carbocycles. The van der Waals surface area contributed by atoms with Gasteiger partial charge in [-0.3, -0.25) is 14.4 Å². The molecule has 2 heterocycles. The number of carbonyl (C=O) groups is 3. The maximum absolute atomic E-state index is 15.5. The molecule has 58 heavy (non-hydrogen) atoms. The molecule has 5 saturated carbocycles. The third-order valence-corrected chi connectivity index (χ3v) is 18.7. The average molecular weight is 815 g/mol. The Morgan fingerprint density at radius 3 is 2.34 bits per heavy atom. The summed E-state index contributed by atoms with van der Waals surface area (Å²) in [5.41, 5.74) is 1.76. The van der Waals surface area contributed by atoms with Crippen LogP contribution in [0, 0.1) is 62.1 Å². The second kappa shape index (κ2) is 14.2. The molecule has 0 bridgehead atoms. The molecule has 9 heteroatoms. The molecule has 6 fully saturated rings. The van der Waals surface area contributed by atoms with Crippen molar-refractivity contribution in [2.45, 2.75) is 151 Å². The molecule has 11 atom stereocenters. The largest absolute Gasteiger partial charge is 0.481 e. The highest BCUT2D eigenvalue weighted by atomic mass is 35.5. The Morgan fingerprint density at radius 1 is 0.931 bits per heavy atom. The van der Waals surface area contributed by atoms with Crippen LogP contribution in [0.3, 0.4) is 0 Å². The maximum atomic E-state index is 15.5. The number of nitrogens with one attached hydrogen (secondary N) is 1. The summed E-state index contributed by atoms with van der Waals surface area (Å²) >= 11 is 6.18. The van der Waals surface area contributed by atoms with Crippen LogP contribution in [0.5, 0.6) is 0 Å². The fourth-order valence-electron chi connectivity index (χ4n) is 15.2. The van der Waals surface area contributed by atoms with Crippen LogP contribution in [-0.2, 0) is 19.1 Å². The van der Waals surface area contributed by atoms with Crippen molar-refractivity contribution in [1.82, 2.24) is 14.9 Å². The summed E-state index contributed by atoms with van der Waals surface area (Å²) < 4.78 is 6.22. The number of nitrogens with zero attached hydrogens (tertiary/aromatic N) is 2. The highest BCUT2D eigenvalue weighted by Gasteiger charge is 2.72. The average Bonchev–Trinajstić information content (AvgIpc) is 3.92. The van der Waals surface area contributed by atoms with Gasteiger partial charge in [0, 0.05) is 17.0 Å². The molecule has 6 aliphatic rings. The van der Waals surface area contributed by atoms with Crippen molar-refractivity contribution < 1.29 is 24.2 Å². The Bertz CT molecular complexity index is 1970. The van der Waals surface area contributed by atoms with E-state index in [1.165, 1.54) is 5.57 Å². The molecular weight excluding hydrogens is 746 g/mol. The van der Waals surface area contributed by atoms with Gasteiger partial charge in [0.15, 0.2) is 0 Å². The number of halogens is 1. The predicted octanol–water partition coefficient (Wildman–Crippen LogP) is 11.5. The molecule has 1 amide bonds. The van der Waals surface area contributed by atoms with E-state index in [0.717, 1.165) is 101 Å². The molecule has 2 aromatic rings. The Morgan fingerprint density at radius 2 is 1.66 bits per heavy atom. The summed E-state index contributed by atoms with van der Waals surface area (Å²) in [5, 5.41) is 10.4. The predicted molar refractivity (Wildman–Crippen MR) is 228 cm³/mol. The first-order valence-corrected chi connectivity index (χ1v) is 22.8. The minimum Gasteiger partial charge on any atom is -0.481 e. The Hall–Kier alpha value is -3.13. The molecule has 0 radical (unpaired) electrons. The lowest BCUT2D eigenvalue weighted by atomic mass is 9.32. The van der Waals surface area contributed by atoms with Crippen LogP contribution >= 0.6 is 11.6 Å². The molecule has 0 spiro atoms. The van der Waals surface area contributed by atoms with Gasteiger partial charge in [0.05, 0.1) is 35.2 Å². The minimum absolute atomic E-state index is 0.0503. The van der Waals surface area contributed by atoms with Crippen molar-refractivity contribution in [3.63, 3.8) is 0 Å². The summed E-state index contributed by atoms with van der Waals surface area (Å²) in [5.74, 6) is 1.86. The zero-order valence-corrected chi connectivity index (χ0v) is 37.1. The molecule has 2 N–H and O–H groups in total. The number of imidazole rings is 1. The molecule has 316 valence electrons. The second-order valence-electron chi connectivity index (χ2n) is 21.9. The molecule has 8 nitrogen and oxygen atoms in total.